The lowest BCUT2D eigenvalue weighted by molar-refractivity contribution is -0.282. The molecule has 1 heterocycles. The highest BCUT2D eigenvalue weighted by Crippen LogP contribution is 2.33. The number of rotatable bonds is 14. The maximum Gasteiger partial charge on any atom is 0.411 e. The van der Waals surface area contributed by atoms with Crippen LogP contribution in [0.5, 0.6) is 5.75 Å². The van der Waals surface area contributed by atoms with E-state index in [1.807, 2.05) is 44.2 Å². The van der Waals surface area contributed by atoms with Gasteiger partial charge in [0, 0.05) is 33.7 Å². The molecule has 1 fully saturated rings. The molecular formula is C34H44N2O13. The Morgan fingerprint density at radius 2 is 1.47 bits per heavy atom. The lowest BCUT2D eigenvalue weighted by Gasteiger charge is -2.43. The molecule has 1 aliphatic heterocycles. The highest BCUT2D eigenvalue weighted by molar-refractivity contribution is 5.77. The SMILES string of the molecule is CCN(COC(C)(C)Cc1ccccc1)C(=O)OCc1ccc(O[C@@H]2OC(C(=O)OC)C(OC(C)=O)[C@H](OC(C)=O)C2OC(C)=O)c(N)c1. The van der Waals surface area contributed by atoms with Crippen LogP contribution in [0.3, 0.4) is 0 Å². The van der Waals surface area contributed by atoms with Crippen molar-refractivity contribution >= 4 is 35.7 Å². The monoisotopic (exact) mass is 688 g/mol. The Kier molecular flexibility index (Phi) is 13.8. The van der Waals surface area contributed by atoms with E-state index >= 15 is 0 Å². The second-order valence-corrected chi connectivity index (χ2v) is 11.8. The van der Waals surface area contributed by atoms with Crippen LogP contribution in [0.25, 0.3) is 0 Å². The van der Waals surface area contributed by atoms with E-state index in [1.54, 1.807) is 13.0 Å². The number of amides is 1. The molecule has 2 aromatic rings. The fourth-order valence-corrected chi connectivity index (χ4v) is 5.00. The molecule has 0 aromatic heterocycles. The summed E-state index contributed by atoms with van der Waals surface area (Å²) in [6, 6.07) is 14.4. The summed E-state index contributed by atoms with van der Waals surface area (Å²) in [7, 11) is 1.08. The van der Waals surface area contributed by atoms with Crippen molar-refractivity contribution in [2.45, 2.75) is 90.9 Å². The van der Waals surface area contributed by atoms with E-state index < -0.39 is 66.3 Å². The molecule has 0 spiro atoms. The lowest BCUT2D eigenvalue weighted by atomic mass is 9.97. The summed E-state index contributed by atoms with van der Waals surface area (Å²) in [6.45, 7) is 9.18. The standard InChI is InChI=1S/C34H44N2O13/c1-8-36(19-44-34(5,6)17-23-12-10-9-11-13-23)33(41)43-18-24-14-15-26(25(35)16-24)48-32-30(47-22(4)39)28(46-21(3)38)27(45-20(2)37)29(49-32)31(40)42-7/h9-16,27-30,32H,8,17-19,35H2,1-7H3/t27?,28-,29?,30?,32+/m0/s1. The third-order valence-corrected chi connectivity index (χ3v) is 7.24. The number of esters is 4. The first-order valence-electron chi connectivity index (χ1n) is 15.5. The van der Waals surface area contributed by atoms with Crippen LogP contribution >= 0.6 is 0 Å². The van der Waals surface area contributed by atoms with Crippen LogP contribution in [0.15, 0.2) is 48.5 Å². The number of hydrogen-bond donors (Lipinski definition) is 1. The number of anilines is 1. The Hall–Kier alpha value is -4.89. The molecule has 15 heteroatoms. The second-order valence-electron chi connectivity index (χ2n) is 11.8. The van der Waals surface area contributed by atoms with Crippen molar-refractivity contribution in [3.05, 3.63) is 59.7 Å². The summed E-state index contributed by atoms with van der Waals surface area (Å²) in [5.41, 5.74) is 7.42. The van der Waals surface area contributed by atoms with Crippen molar-refractivity contribution in [1.82, 2.24) is 4.90 Å². The number of methoxy groups -OCH3 is 1. The van der Waals surface area contributed by atoms with Gasteiger partial charge in [0.05, 0.1) is 18.4 Å². The average Bonchev–Trinajstić information content (AvgIpc) is 3.03. The van der Waals surface area contributed by atoms with Gasteiger partial charge in [-0.3, -0.25) is 19.3 Å². The fraction of sp³-hybridized carbons (Fsp3) is 0.500. The van der Waals surface area contributed by atoms with Gasteiger partial charge in [-0.25, -0.2) is 9.59 Å². The first-order chi connectivity index (χ1) is 23.1. The summed E-state index contributed by atoms with van der Waals surface area (Å²) < 4.78 is 44.0. The number of nitrogen functional groups attached to an aromatic ring is 1. The van der Waals surface area contributed by atoms with Crippen LogP contribution in [0.2, 0.25) is 0 Å². The summed E-state index contributed by atoms with van der Waals surface area (Å²) in [5.74, 6) is -3.42. The van der Waals surface area contributed by atoms with Gasteiger partial charge in [0.2, 0.25) is 12.4 Å². The van der Waals surface area contributed by atoms with E-state index in [0.717, 1.165) is 33.4 Å². The molecule has 15 nitrogen and oxygen atoms in total. The third kappa shape index (κ3) is 11.4. The molecule has 0 bridgehead atoms. The Bertz CT molecular complexity index is 1470. The van der Waals surface area contributed by atoms with Crippen LogP contribution in [0.1, 0.15) is 52.7 Å². The number of carbonyl (C=O) groups excluding carboxylic acids is 5. The molecule has 0 radical (unpaired) electrons. The maximum absolute atomic E-state index is 12.9. The smallest absolute Gasteiger partial charge is 0.411 e. The van der Waals surface area contributed by atoms with Gasteiger partial charge in [-0.05, 0) is 44.0 Å². The van der Waals surface area contributed by atoms with E-state index in [1.165, 1.54) is 17.0 Å². The topological polar surface area (TPSA) is 188 Å². The van der Waals surface area contributed by atoms with Gasteiger partial charge in [-0.2, -0.15) is 0 Å². The van der Waals surface area contributed by atoms with Crippen molar-refractivity contribution in [1.29, 1.82) is 0 Å². The molecule has 1 aliphatic rings. The van der Waals surface area contributed by atoms with Gasteiger partial charge in [0.15, 0.2) is 18.3 Å². The van der Waals surface area contributed by atoms with E-state index in [2.05, 4.69) is 0 Å². The molecule has 2 aromatic carbocycles. The normalized spacial score (nSPS) is 20.3. The van der Waals surface area contributed by atoms with E-state index in [0.29, 0.717) is 18.5 Å². The molecule has 0 aliphatic carbocycles. The first kappa shape index (κ1) is 38.6. The van der Waals surface area contributed by atoms with Crippen LogP contribution in [0, 0.1) is 0 Å². The number of hydrogen-bond acceptors (Lipinski definition) is 14. The van der Waals surface area contributed by atoms with Crippen LogP contribution in [-0.2, 0) is 65.4 Å². The average molecular weight is 689 g/mol. The predicted octanol–water partition coefficient (Wildman–Crippen LogP) is 3.29. The number of nitrogens with two attached hydrogens (primary N) is 1. The number of ether oxygens (including phenoxy) is 8. The molecule has 3 rings (SSSR count). The zero-order valence-electron chi connectivity index (χ0n) is 28.7. The summed E-state index contributed by atoms with van der Waals surface area (Å²) in [6.07, 6.45) is -7.74. The van der Waals surface area contributed by atoms with Crippen LogP contribution in [0.4, 0.5) is 10.5 Å². The van der Waals surface area contributed by atoms with Crippen molar-refractivity contribution in [2.24, 2.45) is 0 Å². The van der Waals surface area contributed by atoms with Crippen molar-refractivity contribution in [3.63, 3.8) is 0 Å². The van der Waals surface area contributed by atoms with E-state index in [9.17, 15) is 24.0 Å². The second kappa shape index (κ2) is 17.5. The van der Waals surface area contributed by atoms with Crippen LogP contribution < -0.4 is 10.5 Å². The minimum atomic E-state index is -1.63. The number of benzene rings is 2. The predicted molar refractivity (Wildman–Crippen MR) is 172 cm³/mol. The number of nitrogens with zero attached hydrogens (tertiary/aromatic N) is 1. The zero-order chi connectivity index (χ0) is 36.3. The van der Waals surface area contributed by atoms with Crippen LogP contribution in [-0.4, -0.2) is 91.6 Å². The van der Waals surface area contributed by atoms with E-state index in [-0.39, 0.29) is 24.8 Å². The Morgan fingerprint density at radius 3 is 2.04 bits per heavy atom. The largest absolute Gasteiger partial charge is 0.467 e. The summed E-state index contributed by atoms with van der Waals surface area (Å²) in [4.78, 5) is 63.0. The Labute approximate surface area is 284 Å². The van der Waals surface area contributed by atoms with Crippen molar-refractivity contribution < 1.29 is 61.9 Å². The summed E-state index contributed by atoms with van der Waals surface area (Å²) in [5, 5.41) is 0. The van der Waals surface area contributed by atoms with Gasteiger partial charge in [0.1, 0.15) is 19.1 Å². The Balaban J connectivity index is 1.72. The third-order valence-electron chi connectivity index (χ3n) is 7.24. The molecule has 1 saturated heterocycles. The Morgan fingerprint density at radius 1 is 0.857 bits per heavy atom. The molecule has 0 saturated carbocycles. The fourth-order valence-electron chi connectivity index (χ4n) is 5.00. The van der Waals surface area contributed by atoms with Gasteiger partial charge in [0.25, 0.3) is 0 Å². The van der Waals surface area contributed by atoms with E-state index in [4.69, 9.17) is 43.6 Å². The lowest BCUT2D eigenvalue weighted by Crippen LogP contribution is -2.64. The molecule has 49 heavy (non-hydrogen) atoms. The maximum atomic E-state index is 12.9. The molecule has 5 atom stereocenters. The molecule has 268 valence electrons. The van der Waals surface area contributed by atoms with Gasteiger partial charge in [-0.1, -0.05) is 36.4 Å². The highest BCUT2D eigenvalue weighted by atomic mass is 16.7. The van der Waals surface area contributed by atoms with Gasteiger partial charge < -0.3 is 43.6 Å². The first-order valence-corrected chi connectivity index (χ1v) is 15.5. The molecule has 1 amide bonds. The zero-order valence-corrected chi connectivity index (χ0v) is 28.7. The number of carbonyl (C=O) groups is 5. The van der Waals surface area contributed by atoms with Crippen molar-refractivity contribution in [3.8, 4) is 5.75 Å². The molecular weight excluding hydrogens is 644 g/mol. The molecule has 2 N–H and O–H groups in total. The quantitative estimate of drug-likeness (QED) is 0.132. The minimum absolute atomic E-state index is 0.0220. The van der Waals surface area contributed by atoms with Gasteiger partial charge >= 0.3 is 30.0 Å². The highest BCUT2D eigenvalue weighted by Gasteiger charge is 2.56. The summed E-state index contributed by atoms with van der Waals surface area (Å²) >= 11 is 0. The minimum Gasteiger partial charge on any atom is -0.467 e. The van der Waals surface area contributed by atoms with Crippen molar-refractivity contribution in [2.75, 3.05) is 26.1 Å². The molecule has 3 unspecified atom stereocenters. The van der Waals surface area contributed by atoms with Gasteiger partial charge in [-0.15, -0.1) is 0 Å².